The van der Waals surface area contributed by atoms with Crippen molar-refractivity contribution in [3.63, 3.8) is 0 Å². The van der Waals surface area contributed by atoms with E-state index in [4.69, 9.17) is 9.47 Å². The fourth-order valence-electron chi connectivity index (χ4n) is 3.85. The molecule has 9 heteroatoms. The van der Waals surface area contributed by atoms with Crippen LogP contribution >= 0.6 is 0 Å². The predicted octanol–water partition coefficient (Wildman–Crippen LogP) is 2.15. The molecule has 0 saturated carbocycles. The van der Waals surface area contributed by atoms with Crippen LogP contribution in [0.1, 0.15) is 11.7 Å². The van der Waals surface area contributed by atoms with E-state index in [0.29, 0.717) is 38.6 Å². The van der Waals surface area contributed by atoms with Crippen molar-refractivity contribution < 1.29 is 22.7 Å². The highest BCUT2D eigenvalue weighted by molar-refractivity contribution is 7.89. The first kappa shape index (κ1) is 20.6. The van der Waals surface area contributed by atoms with Gasteiger partial charge in [0.2, 0.25) is 10.0 Å². The van der Waals surface area contributed by atoms with Crippen molar-refractivity contribution >= 4 is 16.1 Å². The van der Waals surface area contributed by atoms with E-state index in [1.54, 1.807) is 21.9 Å². The largest absolute Gasteiger partial charge is 0.497 e. The third-order valence-corrected chi connectivity index (χ3v) is 7.29. The standard InChI is InChI=1S/C21H25N3O5S/c1-28-18-7-9-19(10-8-18)30(26,27)24-12-11-23(20(24)17-5-3-2-4-6-17)21(25)22-13-15-29-16-14-22/h2-10,20H,11-16H2,1H3/t20-/m0/s1. The second kappa shape index (κ2) is 8.63. The topological polar surface area (TPSA) is 79.4 Å². The van der Waals surface area contributed by atoms with Crippen molar-refractivity contribution in [1.29, 1.82) is 0 Å². The van der Waals surface area contributed by atoms with Crippen LogP contribution in [0.25, 0.3) is 0 Å². The summed E-state index contributed by atoms with van der Waals surface area (Å²) in [5, 5.41) is 0. The molecule has 0 N–H and O–H groups in total. The second-order valence-corrected chi connectivity index (χ2v) is 9.04. The molecule has 160 valence electrons. The Morgan fingerprint density at radius 3 is 2.27 bits per heavy atom. The molecule has 2 heterocycles. The number of urea groups is 1. The zero-order valence-corrected chi connectivity index (χ0v) is 17.6. The number of carbonyl (C=O) groups excluding carboxylic acids is 1. The Morgan fingerprint density at radius 2 is 1.63 bits per heavy atom. The first-order chi connectivity index (χ1) is 14.5. The number of sulfonamides is 1. The van der Waals surface area contributed by atoms with Crippen LogP contribution < -0.4 is 4.74 Å². The number of benzene rings is 2. The van der Waals surface area contributed by atoms with Crippen LogP contribution in [0, 0.1) is 0 Å². The van der Waals surface area contributed by atoms with Gasteiger partial charge >= 0.3 is 6.03 Å². The molecule has 0 aliphatic carbocycles. The summed E-state index contributed by atoms with van der Waals surface area (Å²) >= 11 is 0. The van der Waals surface area contributed by atoms with E-state index in [-0.39, 0.29) is 17.5 Å². The van der Waals surface area contributed by atoms with Gasteiger partial charge in [-0.2, -0.15) is 4.31 Å². The predicted molar refractivity (Wildman–Crippen MR) is 111 cm³/mol. The fourth-order valence-corrected chi connectivity index (χ4v) is 5.42. The Bertz CT molecular complexity index is 975. The van der Waals surface area contributed by atoms with E-state index in [1.165, 1.54) is 23.5 Å². The molecule has 0 aromatic heterocycles. The highest BCUT2D eigenvalue weighted by Gasteiger charge is 2.44. The fraction of sp³-hybridized carbons (Fsp3) is 0.381. The van der Waals surface area contributed by atoms with Crippen molar-refractivity contribution in [2.24, 2.45) is 0 Å². The normalized spacial score (nSPS) is 20.4. The molecular formula is C21H25N3O5S. The van der Waals surface area contributed by atoms with E-state index < -0.39 is 16.2 Å². The van der Waals surface area contributed by atoms with Crippen LogP contribution in [0.5, 0.6) is 5.75 Å². The molecule has 2 aromatic carbocycles. The molecule has 8 nitrogen and oxygen atoms in total. The van der Waals surface area contributed by atoms with Crippen molar-refractivity contribution in [3.8, 4) is 5.75 Å². The maximum Gasteiger partial charge on any atom is 0.321 e. The lowest BCUT2D eigenvalue weighted by Gasteiger charge is -2.35. The average Bonchev–Trinajstić information content (AvgIpc) is 3.26. The van der Waals surface area contributed by atoms with Crippen LogP contribution in [0.15, 0.2) is 59.5 Å². The van der Waals surface area contributed by atoms with E-state index in [1.807, 2.05) is 30.3 Å². The molecule has 2 saturated heterocycles. The molecule has 1 atom stereocenters. The van der Waals surface area contributed by atoms with Crippen LogP contribution in [0.4, 0.5) is 4.79 Å². The summed E-state index contributed by atoms with van der Waals surface area (Å²) in [5.74, 6) is 0.583. The summed E-state index contributed by atoms with van der Waals surface area (Å²) in [6.45, 7) is 2.53. The number of rotatable bonds is 4. The van der Waals surface area contributed by atoms with Crippen molar-refractivity contribution in [1.82, 2.24) is 14.1 Å². The van der Waals surface area contributed by atoms with Gasteiger partial charge in [-0.25, -0.2) is 13.2 Å². The molecule has 2 aromatic rings. The lowest BCUT2D eigenvalue weighted by atomic mass is 10.1. The lowest BCUT2D eigenvalue weighted by molar-refractivity contribution is 0.0400. The maximum atomic E-state index is 13.5. The monoisotopic (exact) mass is 431 g/mol. The SMILES string of the molecule is COc1ccc(S(=O)(=O)N2CCN(C(=O)N3CCOCC3)[C@@H]2c2ccccc2)cc1. The molecule has 2 amide bonds. The average molecular weight is 432 g/mol. The summed E-state index contributed by atoms with van der Waals surface area (Å²) in [7, 11) is -2.29. The molecule has 30 heavy (non-hydrogen) atoms. The minimum Gasteiger partial charge on any atom is -0.497 e. The summed E-state index contributed by atoms with van der Waals surface area (Å²) in [4.78, 5) is 16.8. The zero-order valence-electron chi connectivity index (χ0n) is 16.8. The molecule has 0 unspecified atom stereocenters. The molecule has 2 aliphatic rings. The third kappa shape index (κ3) is 3.88. The summed E-state index contributed by atoms with van der Waals surface area (Å²) in [6.07, 6.45) is -0.700. The first-order valence-corrected chi connectivity index (χ1v) is 11.3. The van der Waals surface area contributed by atoms with Gasteiger partial charge in [0.05, 0.1) is 25.2 Å². The lowest BCUT2D eigenvalue weighted by Crippen LogP contribution is -2.49. The zero-order chi connectivity index (χ0) is 21.1. The Morgan fingerprint density at radius 1 is 0.967 bits per heavy atom. The maximum absolute atomic E-state index is 13.5. The van der Waals surface area contributed by atoms with Crippen LogP contribution in [0.3, 0.4) is 0 Å². The Balaban J connectivity index is 1.68. The van der Waals surface area contributed by atoms with Gasteiger partial charge in [0.1, 0.15) is 11.9 Å². The Labute approximate surface area is 176 Å². The Kier molecular flexibility index (Phi) is 5.94. The van der Waals surface area contributed by atoms with E-state index in [9.17, 15) is 13.2 Å². The molecule has 0 bridgehead atoms. The third-order valence-electron chi connectivity index (χ3n) is 5.42. The summed E-state index contributed by atoms with van der Waals surface area (Å²) in [6, 6.07) is 15.4. The molecule has 2 fully saturated rings. The van der Waals surface area contributed by atoms with E-state index in [0.717, 1.165) is 5.56 Å². The van der Waals surface area contributed by atoms with Gasteiger partial charge in [-0.05, 0) is 29.8 Å². The first-order valence-electron chi connectivity index (χ1n) is 9.86. The molecule has 0 spiro atoms. The van der Waals surface area contributed by atoms with Crippen molar-refractivity contribution in [2.45, 2.75) is 11.1 Å². The highest BCUT2D eigenvalue weighted by atomic mass is 32.2. The number of hydrogen-bond donors (Lipinski definition) is 0. The van der Waals surface area contributed by atoms with Crippen molar-refractivity contribution in [2.75, 3.05) is 46.5 Å². The molecular weight excluding hydrogens is 406 g/mol. The van der Waals surface area contributed by atoms with Crippen molar-refractivity contribution in [3.05, 3.63) is 60.2 Å². The second-order valence-electron chi connectivity index (χ2n) is 7.15. The number of nitrogens with zero attached hydrogens (tertiary/aromatic N) is 3. The molecule has 0 radical (unpaired) electrons. The van der Waals surface area contributed by atoms with Gasteiger partial charge in [0, 0.05) is 26.2 Å². The van der Waals surface area contributed by atoms with Gasteiger partial charge in [0.25, 0.3) is 0 Å². The minimum absolute atomic E-state index is 0.167. The highest BCUT2D eigenvalue weighted by Crippen LogP contribution is 2.36. The van der Waals surface area contributed by atoms with Gasteiger partial charge in [-0.1, -0.05) is 30.3 Å². The smallest absolute Gasteiger partial charge is 0.321 e. The van der Waals surface area contributed by atoms with Gasteiger partial charge < -0.3 is 19.3 Å². The number of ether oxygens (including phenoxy) is 2. The number of methoxy groups -OCH3 is 1. The number of hydrogen-bond acceptors (Lipinski definition) is 5. The number of carbonyl (C=O) groups is 1. The van der Waals surface area contributed by atoms with Gasteiger partial charge in [0.15, 0.2) is 0 Å². The number of morpholine rings is 1. The van der Waals surface area contributed by atoms with E-state index in [2.05, 4.69) is 0 Å². The Hall–Kier alpha value is -2.62. The number of amides is 2. The minimum atomic E-state index is -3.82. The van der Waals surface area contributed by atoms with E-state index >= 15 is 0 Å². The molecule has 2 aliphatic heterocycles. The quantitative estimate of drug-likeness (QED) is 0.741. The van der Waals surface area contributed by atoms with Crippen LogP contribution in [-0.4, -0.2) is 75.1 Å². The molecule has 4 rings (SSSR count). The van der Waals surface area contributed by atoms with Gasteiger partial charge in [-0.3, -0.25) is 0 Å². The van der Waals surface area contributed by atoms with Gasteiger partial charge in [-0.15, -0.1) is 0 Å². The summed E-state index contributed by atoms with van der Waals surface area (Å²) in [5.41, 5.74) is 0.758. The van der Waals surface area contributed by atoms with Crippen LogP contribution in [0.2, 0.25) is 0 Å². The van der Waals surface area contributed by atoms with Crippen LogP contribution in [-0.2, 0) is 14.8 Å². The summed E-state index contributed by atoms with van der Waals surface area (Å²) < 4.78 is 38.8.